The Morgan fingerprint density at radius 3 is 2.68 bits per heavy atom. The fourth-order valence-corrected chi connectivity index (χ4v) is 3.86. The molecule has 0 aromatic carbocycles. The number of rotatable bonds is 5. The molecule has 1 heterocycles. The maximum Gasteiger partial charge on any atom is 0.00767 e. The minimum absolute atomic E-state index is 0.750. The molecule has 112 valence electrons. The average Bonchev–Trinajstić information content (AvgIpc) is 2.89. The van der Waals surface area contributed by atoms with Crippen LogP contribution in [0.3, 0.4) is 0 Å². The van der Waals surface area contributed by atoms with Gasteiger partial charge in [-0.25, -0.2) is 0 Å². The molecule has 2 rings (SSSR count). The van der Waals surface area contributed by atoms with Crippen LogP contribution in [0, 0.1) is 11.8 Å². The summed E-state index contributed by atoms with van der Waals surface area (Å²) in [5.41, 5.74) is 0. The van der Waals surface area contributed by atoms with Crippen LogP contribution in [0.5, 0.6) is 0 Å². The zero-order chi connectivity index (χ0) is 13.5. The molecule has 0 bridgehead atoms. The van der Waals surface area contributed by atoms with E-state index in [0.717, 1.165) is 17.9 Å². The van der Waals surface area contributed by atoms with Crippen molar-refractivity contribution in [1.82, 2.24) is 10.2 Å². The fourth-order valence-electron chi connectivity index (χ4n) is 3.86. The van der Waals surface area contributed by atoms with Crippen LogP contribution in [0.25, 0.3) is 0 Å². The molecule has 1 aliphatic carbocycles. The first-order valence-corrected chi connectivity index (χ1v) is 8.73. The van der Waals surface area contributed by atoms with Crippen molar-refractivity contribution in [2.75, 3.05) is 26.2 Å². The Morgan fingerprint density at radius 1 is 1.16 bits per heavy atom. The van der Waals surface area contributed by atoms with Gasteiger partial charge in [0.05, 0.1) is 0 Å². The number of nitrogens with one attached hydrogen (secondary N) is 1. The zero-order valence-corrected chi connectivity index (χ0v) is 13.2. The summed E-state index contributed by atoms with van der Waals surface area (Å²) in [5, 5.41) is 3.72. The quantitative estimate of drug-likeness (QED) is 0.817. The van der Waals surface area contributed by atoms with Gasteiger partial charge in [-0.2, -0.15) is 0 Å². The van der Waals surface area contributed by atoms with Gasteiger partial charge in [-0.05, 0) is 57.2 Å². The number of hydrogen-bond donors (Lipinski definition) is 1. The van der Waals surface area contributed by atoms with Crippen LogP contribution in [0.15, 0.2) is 0 Å². The van der Waals surface area contributed by atoms with Crippen molar-refractivity contribution in [2.45, 2.75) is 71.3 Å². The predicted molar refractivity (Wildman–Crippen MR) is 83.5 cm³/mol. The summed E-state index contributed by atoms with van der Waals surface area (Å²) in [7, 11) is 0. The van der Waals surface area contributed by atoms with Crippen LogP contribution in [0.2, 0.25) is 0 Å². The van der Waals surface area contributed by atoms with Crippen molar-refractivity contribution in [1.29, 1.82) is 0 Å². The summed E-state index contributed by atoms with van der Waals surface area (Å²) in [6.07, 6.45) is 11.6. The minimum Gasteiger partial charge on any atom is -0.314 e. The molecule has 2 unspecified atom stereocenters. The molecular formula is C17H34N2. The van der Waals surface area contributed by atoms with Gasteiger partial charge in [0.2, 0.25) is 0 Å². The highest BCUT2D eigenvalue weighted by Gasteiger charge is 2.19. The van der Waals surface area contributed by atoms with Gasteiger partial charge in [-0.15, -0.1) is 0 Å². The second-order valence-electron chi connectivity index (χ2n) is 7.00. The first-order valence-electron chi connectivity index (χ1n) is 8.73. The molecule has 0 aromatic heterocycles. The van der Waals surface area contributed by atoms with E-state index >= 15 is 0 Å². The molecule has 1 N–H and O–H groups in total. The Morgan fingerprint density at radius 2 is 1.95 bits per heavy atom. The Kier molecular flexibility index (Phi) is 6.66. The molecule has 0 radical (unpaired) electrons. The second-order valence-corrected chi connectivity index (χ2v) is 7.00. The molecule has 2 heteroatoms. The van der Waals surface area contributed by atoms with E-state index in [9.17, 15) is 0 Å². The first kappa shape index (κ1) is 15.3. The monoisotopic (exact) mass is 266 g/mol. The summed E-state index contributed by atoms with van der Waals surface area (Å²) in [6.45, 7) is 9.87. The molecule has 2 nitrogen and oxygen atoms in total. The van der Waals surface area contributed by atoms with Crippen LogP contribution >= 0.6 is 0 Å². The van der Waals surface area contributed by atoms with Crippen molar-refractivity contribution >= 4 is 0 Å². The van der Waals surface area contributed by atoms with Gasteiger partial charge < -0.3 is 10.2 Å². The largest absolute Gasteiger partial charge is 0.314 e. The Labute approximate surface area is 120 Å². The zero-order valence-electron chi connectivity index (χ0n) is 13.2. The molecule has 2 aliphatic rings. The summed E-state index contributed by atoms with van der Waals surface area (Å²) in [6, 6.07) is 0.750. The number of hydrogen-bond acceptors (Lipinski definition) is 2. The standard InChI is InChI=1S/C17H34N2/c1-3-17-10-12-19(14-15(2)13-18-17)11-6-9-16-7-4-5-8-16/h15-18H,3-14H2,1-2H3. The van der Waals surface area contributed by atoms with E-state index in [2.05, 4.69) is 24.1 Å². The highest BCUT2D eigenvalue weighted by Crippen LogP contribution is 2.28. The van der Waals surface area contributed by atoms with Gasteiger partial charge in [0, 0.05) is 12.6 Å². The molecule has 2 atom stereocenters. The minimum atomic E-state index is 0.750. The van der Waals surface area contributed by atoms with Crippen molar-refractivity contribution in [2.24, 2.45) is 11.8 Å². The molecule has 2 fully saturated rings. The Balaban J connectivity index is 1.67. The van der Waals surface area contributed by atoms with E-state index in [1.165, 1.54) is 77.5 Å². The van der Waals surface area contributed by atoms with E-state index in [4.69, 9.17) is 0 Å². The fraction of sp³-hybridized carbons (Fsp3) is 1.00. The van der Waals surface area contributed by atoms with E-state index in [0.29, 0.717) is 0 Å². The molecule has 1 saturated heterocycles. The van der Waals surface area contributed by atoms with Gasteiger partial charge in [0.25, 0.3) is 0 Å². The van der Waals surface area contributed by atoms with Gasteiger partial charge in [-0.3, -0.25) is 0 Å². The Bertz CT molecular complexity index is 235. The van der Waals surface area contributed by atoms with Crippen molar-refractivity contribution in [3.05, 3.63) is 0 Å². The van der Waals surface area contributed by atoms with Crippen LogP contribution in [-0.4, -0.2) is 37.1 Å². The third-order valence-corrected chi connectivity index (χ3v) is 5.17. The molecule has 1 saturated carbocycles. The van der Waals surface area contributed by atoms with E-state index < -0.39 is 0 Å². The van der Waals surface area contributed by atoms with Crippen LogP contribution < -0.4 is 5.32 Å². The lowest BCUT2D eigenvalue weighted by Crippen LogP contribution is -2.43. The van der Waals surface area contributed by atoms with Gasteiger partial charge in [0.1, 0.15) is 0 Å². The second kappa shape index (κ2) is 8.26. The molecule has 0 aromatic rings. The van der Waals surface area contributed by atoms with Gasteiger partial charge in [0.15, 0.2) is 0 Å². The Hall–Kier alpha value is -0.0800. The topological polar surface area (TPSA) is 15.3 Å². The van der Waals surface area contributed by atoms with Crippen LogP contribution in [0.1, 0.15) is 65.2 Å². The third-order valence-electron chi connectivity index (χ3n) is 5.17. The highest BCUT2D eigenvalue weighted by molar-refractivity contribution is 4.76. The molecule has 19 heavy (non-hydrogen) atoms. The van der Waals surface area contributed by atoms with E-state index in [1.54, 1.807) is 0 Å². The maximum atomic E-state index is 3.72. The predicted octanol–water partition coefficient (Wildman–Crippen LogP) is 3.67. The third kappa shape index (κ3) is 5.43. The summed E-state index contributed by atoms with van der Waals surface area (Å²) in [5.74, 6) is 1.87. The molecular weight excluding hydrogens is 232 g/mol. The van der Waals surface area contributed by atoms with Crippen LogP contribution in [-0.2, 0) is 0 Å². The van der Waals surface area contributed by atoms with Gasteiger partial charge >= 0.3 is 0 Å². The van der Waals surface area contributed by atoms with Gasteiger partial charge in [-0.1, -0.05) is 39.5 Å². The SMILES string of the molecule is CCC1CCN(CCCC2CCCC2)CC(C)CN1. The smallest absolute Gasteiger partial charge is 0.00767 e. The lowest BCUT2D eigenvalue weighted by Gasteiger charge is -2.32. The number of nitrogens with zero attached hydrogens (tertiary/aromatic N) is 1. The van der Waals surface area contributed by atoms with Crippen molar-refractivity contribution in [3.8, 4) is 0 Å². The van der Waals surface area contributed by atoms with E-state index in [-0.39, 0.29) is 0 Å². The summed E-state index contributed by atoms with van der Waals surface area (Å²) < 4.78 is 0. The normalized spacial score (nSPS) is 31.3. The lowest BCUT2D eigenvalue weighted by molar-refractivity contribution is 0.191. The van der Waals surface area contributed by atoms with Crippen LogP contribution in [0.4, 0.5) is 0 Å². The summed E-state index contributed by atoms with van der Waals surface area (Å²) >= 11 is 0. The maximum absolute atomic E-state index is 3.72. The first-order chi connectivity index (χ1) is 9.28. The average molecular weight is 266 g/mol. The molecule has 1 aliphatic heterocycles. The van der Waals surface area contributed by atoms with E-state index in [1.807, 2.05) is 0 Å². The summed E-state index contributed by atoms with van der Waals surface area (Å²) in [4.78, 5) is 2.74. The van der Waals surface area contributed by atoms with Crippen molar-refractivity contribution in [3.63, 3.8) is 0 Å². The molecule has 0 spiro atoms. The lowest BCUT2D eigenvalue weighted by atomic mass is 10.0. The highest BCUT2D eigenvalue weighted by atomic mass is 15.1. The van der Waals surface area contributed by atoms with Crippen molar-refractivity contribution < 1.29 is 0 Å². The molecule has 0 amide bonds.